The zero-order valence-corrected chi connectivity index (χ0v) is 10.3. The lowest BCUT2D eigenvalue weighted by Gasteiger charge is -2.06. The third-order valence-electron chi connectivity index (χ3n) is 1.99. The van der Waals surface area contributed by atoms with Crippen LogP contribution in [0.5, 0.6) is 0 Å². The summed E-state index contributed by atoms with van der Waals surface area (Å²) in [5.41, 5.74) is 0.861. The van der Waals surface area contributed by atoms with Gasteiger partial charge >= 0.3 is 0 Å². The zero-order valence-electron chi connectivity index (χ0n) is 9.44. The average molecular weight is 252 g/mol. The van der Waals surface area contributed by atoms with Crippen LogP contribution >= 0.6 is 0 Å². The number of amides is 1. The van der Waals surface area contributed by atoms with Crippen LogP contribution in [0.1, 0.15) is 12.5 Å². The molecule has 1 aromatic rings. The number of aryl methyl sites for hydroxylation is 1. The number of rotatable bonds is 2. The summed E-state index contributed by atoms with van der Waals surface area (Å²) in [7, 11) is -3.79. The van der Waals surface area contributed by atoms with E-state index in [0.29, 0.717) is 11.3 Å². The van der Waals surface area contributed by atoms with Crippen molar-refractivity contribution >= 4 is 21.6 Å². The first-order valence-corrected chi connectivity index (χ1v) is 6.26. The smallest absolute Gasteiger partial charge is 0.300 e. The number of carbonyl (C=O) groups excluding carboxylic acids is 1. The van der Waals surface area contributed by atoms with Gasteiger partial charge in [0.15, 0.2) is 0 Å². The fourth-order valence-corrected chi connectivity index (χ4v) is 2.07. The van der Waals surface area contributed by atoms with Crippen LogP contribution in [0.3, 0.4) is 0 Å². The first kappa shape index (κ1) is 13.2. The number of nitrogens with two attached hydrogens (primary N) is 1. The van der Waals surface area contributed by atoms with Gasteiger partial charge in [0.05, 0.1) is 4.90 Å². The van der Waals surface area contributed by atoms with Gasteiger partial charge in [0.1, 0.15) is 0 Å². The normalized spacial score (nSPS) is 10.3. The standard InChI is InChI=1S/C11H12N2O3S/c1-3-4-11(14)13-9-6-5-8(2)10(7-9)17(12,15)16/h5-7H,1-2H3,(H,13,14)(H2,12,15,16). The molecule has 90 valence electrons. The Morgan fingerprint density at radius 2 is 2.06 bits per heavy atom. The number of hydrogen-bond acceptors (Lipinski definition) is 3. The van der Waals surface area contributed by atoms with Crippen LogP contribution in [0.2, 0.25) is 0 Å². The molecule has 17 heavy (non-hydrogen) atoms. The second-order valence-corrected chi connectivity index (χ2v) is 4.88. The van der Waals surface area contributed by atoms with Crippen LogP contribution in [0.15, 0.2) is 23.1 Å². The summed E-state index contributed by atoms with van der Waals surface area (Å²) in [4.78, 5) is 11.2. The SMILES string of the molecule is CC#CC(=O)Nc1ccc(C)c(S(N)(=O)=O)c1. The van der Waals surface area contributed by atoms with Crippen LogP contribution in [0, 0.1) is 18.8 Å². The fraction of sp³-hybridized carbons (Fsp3) is 0.182. The molecule has 1 rings (SSSR count). The Hall–Kier alpha value is -1.84. The van der Waals surface area contributed by atoms with Gasteiger partial charge < -0.3 is 5.32 Å². The molecule has 1 amide bonds. The monoisotopic (exact) mass is 252 g/mol. The average Bonchev–Trinajstić information content (AvgIpc) is 2.19. The maximum absolute atomic E-state index is 11.3. The van der Waals surface area contributed by atoms with E-state index in [1.807, 2.05) is 0 Å². The summed E-state index contributed by atoms with van der Waals surface area (Å²) in [5, 5.41) is 7.50. The Balaban J connectivity index is 3.13. The Morgan fingerprint density at radius 3 is 2.59 bits per heavy atom. The molecule has 1 aromatic carbocycles. The highest BCUT2D eigenvalue weighted by Gasteiger charge is 2.12. The van der Waals surface area contributed by atoms with Gasteiger partial charge in [0, 0.05) is 5.69 Å². The minimum absolute atomic E-state index is 0.0141. The molecule has 0 atom stereocenters. The largest absolute Gasteiger partial charge is 0.315 e. The molecule has 6 heteroatoms. The lowest BCUT2D eigenvalue weighted by atomic mass is 10.2. The molecule has 3 N–H and O–H groups in total. The predicted octanol–water partition coefficient (Wildman–Crippen LogP) is 0.604. The first-order chi connectivity index (χ1) is 7.84. The van der Waals surface area contributed by atoms with Gasteiger partial charge in [-0.05, 0) is 37.5 Å². The highest BCUT2D eigenvalue weighted by Crippen LogP contribution is 2.18. The topological polar surface area (TPSA) is 89.3 Å². The number of nitrogens with one attached hydrogen (secondary N) is 1. The Kier molecular flexibility index (Phi) is 3.89. The molecule has 0 aromatic heterocycles. The summed E-state index contributed by atoms with van der Waals surface area (Å²) in [6.07, 6.45) is 0. The Bertz CT molecular complexity index is 609. The van der Waals surface area contributed by atoms with Crippen molar-refractivity contribution in [1.82, 2.24) is 0 Å². The lowest BCUT2D eigenvalue weighted by Crippen LogP contribution is -2.15. The summed E-state index contributed by atoms with van der Waals surface area (Å²) < 4.78 is 22.5. The summed E-state index contributed by atoms with van der Waals surface area (Å²) in [6, 6.07) is 4.45. The number of benzene rings is 1. The minimum Gasteiger partial charge on any atom is -0.315 e. The van der Waals surface area contributed by atoms with Gasteiger partial charge in [-0.3, -0.25) is 4.79 Å². The van der Waals surface area contributed by atoms with Gasteiger partial charge in [0.2, 0.25) is 10.0 Å². The number of sulfonamides is 1. The maximum atomic E-state index is 11.3. The van der Waals surface area contributed by atoms with E-state index in [1.54, 1.807) is 19.1 Å². The van der Waals surface area contributed by atoms with E-state index in [1.165, 1.54) is 13.0 Å². The van der Waals surface area contributed by atoms with Gasteiger partial charge in [-0.1, -0.05) is 12.0 Å². The van der Waals surface area contributed by atoms with Crippen LogP contribution < -0.4 is 10.5 Å². The van der Waals surface area contributed by atoms with E-state index in [9.17, 15) is 13.2 Å². The van der Waals surface area contributed by atoms with Crippen LogP contribution in [0.25, 0.3) is 0 Å². The summed E-state index contributed by atoms with van der Waals surface area (Å²) in [5.74, 6) is 4.22. The van der Waals surface area contributed by atoms with Crippen molar-refractivity contribution < 1.29 is 13.2 Å². The van der Waals surface area contributed by atoms with E-state index in [4.69, 9.17) is 5.14 Å². The molecular weight excluding hydrogens is 240 g/mol. The van der Waals surface area contributed by atoms with Crippen molar-refractivity contribution in [1.29, 1.82) is 0 Å². The molecule has 0 aliphatic heterocycles. The molecule has 0 saturated heterocycles. The molecule has 0 aliphatic rings. The predicted molar refractivity (Wildman–Crippen MR) is 64.6 cm³/mol. The first-order valence-electron chi connectivity index (χ1n) is 4.72. The lowest BCUT2D eigenvalue weighted by molar-refractivity contribution is -0.111. The molecule has 0 bridgehead atoms. The van der Waals surface area contributed by atoms with Crippen molar-refractivity contribution in [2.45, 2.75) is 18.7 Å². The van der Waals surface area contributed by atoms with Crippen LogP contribution in [-0.4, -0.2) is 14.3 Å². The van der Waals surface area contributed by atoms with E-state index in [0.717, 1.165) is 0 Å². The molecule has 0 heterocycles. The molecule has 0 saturated carbocycles. The molecule has 0 radical (unpaired) electrons. The molecule has 5 nitrogen and oxygen atoms in total. The maximum Gasteiger partial charge on any atom is 0.300 e. The summed E-state index contributed by atoms with van der Waals surface area (Å²) >= 11 is 0. The van der Waals surface area contributed by atoms with Gasteiger partial charge in [-0.2, -0.15) is 0 Å². The third kappa shape index (κ3) is 3.59. The molecule has 0 unspecified atom stereocenters. The van der Waals surface area contributed by atoms with Crippen molar-refractivity contribution in [2.24, 2.45) is 5.14 Å². The van der Waals surface area contributed by atoms with E-state index < -0.39 is 15.9 Å². The highest BCUT2D eigenvalue weighted by atomic mass is 32.2. The van der Waals surface area contributed by atoms with E-state index >= 15 is 0 Å². The second-order valence-electron chi connectivity index (χ2n) is 3.35. The molecular formula is C11H12N2O3S. The molecule has 0 spiro atoms. The molecule has 0 aliphatic carbocycles. The van der Waals surface area contributed by atoms with Crippen molar-refractivity contribution in [3.63, 3.8) is 0 Å². The third-order valence-corrected chi connectivity index (χ3v) is 3.04. The minimum atomic E-state index is -3.79. The second kappa shape index (κ2) is 4.99. The van der Waals surface area contributed by atoms with Crippen molar-refractivity contribution in [3.8, 4) is 11.8 Å². The van der Waals surface area contributed by atoms with Crippen molar-refractivity contribution in [3.05, 3.63) is 23.8 Å². The van der Waals surface area contributed by atoms with Gasteiger partial charge in [-0.25, -0.2) is 13.6 Å². The number of hydrogen-bond donors (Lipinski definition) is 2. The number of carbonyl (C=O) groups is 1. The Morgan fingerprint density at radius 1 is 1.41 bits per heavy atom. The number of anilines is 1. The molecule has 0 fully saturated rings. The van der Waals surface area contributed by atoms with Crippen molar-refractivity contribution in [2.75, 3.05) is 5.32 Å². The van der Waals surface area contributed by atoms with Gasteiger partial charge in [-0.15, -0.1) is 0 Å². The van der Waals surface area contributed by atoms with Gasteiger partial charge in [0.25, 0.3) is 5.91 Å². The van der Waals surface area contributed by atoms with E-state index in [-0.39, 0.29) is 4.90 Å². The quantitative estimate of drug-likeness (QED) is 0.755. The zero-order chi connectivity index (χ0) is 13.1. The van der Waals surface area contributed by atoms with Crippen LogP contribution in [0.4, 0.5) is 5.69 Å². The van der Waals surface area contributed by atoms with Crippen LogP contribution in [-0.2, 0) is 14.8 Å². The number of primary sulfonamides is 1. The Labute approximate surface area is 100 Å². The summed E-state index contributed by atoms with van der Waals surface area (Å²) in [6.45, 7) is 3.15. The van der Waals surface area contributed by atoms with E-state index in [2.05, 4.69) is 17.2 Å². The fourth-order valence-electron chi connectivity index (χ4n) is 1.26. The highest BCUT2D eigenvalue weighted by molar-refractivity contribution is 7.89.